The molecular weight excluding hydrogens is 412 g/mol. The maximum atomic E-state index is 12.1. The van der Waals surface area contributed by atoms with Crippen LogP contribution < -0.4 is 9.47 Å². The number of aliphatic hydroxyl groups excluding tert-OH is 5. The fraction of sp³-hybridized carbons (Fsp3) is 0.476. The van der Waals surface area contributed by atoms with Gasteiger partial charge in [-0.15, -0.1) is 0 Å². The first-order valence-electron chi connectivity index (χ1n) is 9.61. The minimum atomic E-state index is -1.68. The van der Waals surface area contributed by atoms with Gasteiger partial charge in [-0.05, 0) is 30.9 Å². The quantitative estimate of drug-likeness (QED) is 0.331. The van der Waals surface area contributed by atoms with Crippen molar-refractivity contribution in [2.45, 2.75) is 51.2 Å². The molecule has 0 saturated carbocycles. The molecule has 10 nitrogen and oxygen atoms in total. The van der Waals surface area contributed by atoms with Gasteiger partial charge in [0.25, 0.3) is 0 Å². The number of ether oxygens (including phenoxy) is 3. The number of carbonyl (C=O) groups excluding carboxylic acids is 1. The molecule has 31 heavy (non-hydrogen) atoms. The van der Waals surface area contributed by atoms with Crippen LogP contribution >= 0.6 is 0 Å². The second kappa shape index (κ2) is 8.95. The highest BCUT2D eigenvalue weighted by molar-refractivity contribution is 6.08. The number of phenolic OH excluding ortho intramolecular Hbond substituents is 1. The summed E-state index contributed by atoms with van der Waals surface area (Å²) in [5.41, 5.74) is 0.867. The van der Waals surface area contributed by atoms with Crippen LogP contribution in [0.5, 0.6) is 17.2 Å². The third-order valence-corrected chi connectivity index (χ3v) is 5.45. The van der Waals surface area contributed by atoms with Crippen LogP contribution in [0.15, 0.2) is 12.1 Å². The number of rotatable bonds is 6. The first-order chi connectivity index (χ1) is 14.7. The first kappa shape index (κ1) is 23.2. The molecule has 2 aromatic rings. The van der Waals surface area contributed by atoms with Crippen LogP contribution in [0, 0.1) is 6.92 Å². The maximum absolute atomic E-state index is 12.1. The number of ketones is 1. The molecule has 3 rings (SSSR count). The molecule has 1 heterocycles. The van der Waals surface area contributed by atoms with Crippen molar-refractivity contribution in [1.82, 2.24) is 0 Å². The van der Waals surface area contributed by atoms with Gasteiger partial charge in [0.15, 0.2) is 5.78 Å². The van der Waals surface area contributed by atoms with Gasteiger partial charge in [-0.2, -0.15) is 0 Å². The lowest BCUT2D eigenvalue weighted by atomic mass is 9.94. The molecule has 0 unspecified atom stereocenters. The summed E-state index contributed by atoms with van der Waals surface area (Å²) in [6.07, 6.45) is -7.63. The summed E-state index contributed by atoms with van der Waals surface area (Å²) in [6, 6.07) is 2.94. The summed E-state index contributed by atoms with van der Waals surface area (Å²) in [7, 11) is 1.37. The molecule has 1 fully saturated rings. The number of hydrogen-bond acceptors (Lipinski definition) is 10. The SMILES string of the molecule is COc1cc(O[C@@H]2O[C@H](CO)[C@@H](O)[C@H](O)[C@H]2O)c2c(O)c(C(C)=O)c(C)cc2c1CO. The number of fused-ring (bicyclic) bond motifs is 1. The van der Waals surface area contributed by atoms with Crippen LogP contribution in [0.3, 0.4) is 0 Å². The lowest BCUT2D eigenvalue weighted by Gasteiger charge is -2.39. The molecule has 10 heteroatoms. The largest absolute Gasteiger partial charge is 0.506 e. The van der Waals surface area contributed by atoms with E-state index in [2.05, 4.69) is 0 Å². The van der Waals surface area contributed by atoms with E-state index in [0.29, 0.717) is 16.5 Å². The second-order valence-electron chi connectivity index (χ2n) is 7.42. The van der Waals surface area contributed by atoms with E-state index in [9.17, 15) is 35.4 Å². The van der Waals surface area contributed by atoms with Crippen molar-refractivity contribution in [3.8, 4) is 17.2 Å². The van der Waals surface area contributed by atoms with Gasteiger partial charge in [0.05, 0.1) is 31.3 Å². The minimum Gasteiger partial charge on any atom is -0.506 e. The highest BCUT2D eigenvalue weighted by Gasteiger charge is 2.45. The number of hydrogen-bond donors (Lipinski definition) is 6. The van der Waals surface area contributed by atoms with Crippen LogP contribution in [0.4, 0.5) is 0 Å². The van der Waals surface area contributed by atoms with E-state index in [1.165, 1.54) is 20.1 Å². The molecule has 0 radical (unpaired) electrons. The van der Waals surface area contributed by atoms with E-state index in [-0.39, 0.29) is 28.2 Å². The Hall–Kier alpha value is -2.47. The Morgan fingerprint density at radius 1 is 1.10 bits per heavy atom. The number of phenols is 1. The highest BCUT2D eigenvalue weighted by Crippen LogP contribution is 2.44. The van der Waals surface area contributed by atoms with Gasteiger partial charge in [0.2, 0.25) is 6.29 Å². The number of carbonyl (C=O) groups is 1. The van der Waals surface area contributed by atoms with Gasteiger partial charge in [0, 0.05) is 11.6 Å². The van der Waals surface area contributed by atoms with Gasteiger partial charge in [-0.1, -0.05) is 0 Å². The number of aromatic hydroxyl groups is 1. The molecule has 2 aromatic carbocycles. The van der Waals surface area contributed by atoms with Gasteiger partial charge in [-0.3, -0.25) is 4.79 Å². The second-order valence-corrected chi connectivity index (χ2v) is 7.42. The van der Waals surface area contributed by atoms with Gasteiger partial charge in [0.1, 0.15) is 41.7 Å². The average molecular weight is 438 g/mol. The van der Waals surface area contributed by atoms with Crippen molar-refractivity contribution < 1.29 is 49.6 Å². The fourth-order valence-corrected chi connectivity index (χ4v) is 3.87. The monoisotopic (exact) mass is 438 g/mol. The molecule has 170 valence electrons. The van der Waals surface area contributed by atoms with Gasteiger partial charge >= 0.3 is 0 Å². The Balaban J connectivity index is 2.21. The van der Waals surface area contributed by atoms with Crippen LogP contribution in [0.1, 0.15) is 28.4 Å². The van der Waals surface area contributed by atoms with Crippen LogP contribution in [-0.4, -0.2) is 80.8 Å². The molecular formula is C21H26O10. The van der Waals surface area contributed by atoms with Crippen molar-refractivity contribution >= 4 is 16.6 Å². The predicted molar refractivity (Wildman–Crippen MR) is 107 cm³/mol. The van der Waals surface area contributed by atoms with Crippen LogP contribution in [-0.2, 0) is 11.3 Å². The summed E-state index contributed by atoms with van der Waals surface area (Å²) in [4.78, 5) is 12.1. The topological polar surface area (TPSA) is 166 Å². The van der Waals surface area contributed by atoms with Crippen LogP contribution in [0.25, 0.3) is 10.8 Å². The van der Waals surface area contributed by atoms with E-state index in [0.717, 1.165) is 0 Å². The molecule has 1 aliphatic rings. The predicted octanol–water partition coefficient (Wildman–Crippen LogP) is -0.264. The standard InChI is InChI=1S/C21H26O10/c1-8-4-10-11(6-22)12(29-3)5-13(16(10)18(26)15(8)9(2)24)30-21-20(28)19(27)17(25)14(7-23)31-21/h4-5,14,17,19-23,25-28H,6-7H2,1-3H3/t14-,17-,19+,20-,21-/m1/s1. The van der Waals surface area contributed by atoms with Crippen molar-refractivity contribution in [2.24, 2.45) is 0 Å². The zero-order valence-corrected chi connectivity index (χ0v) is 17.3. The molecule has 0 spiro atoms. The van der Waals surface area contributed by atoms with E-state index < -0.39 is 49.7 Å². The third-order valence-electron chi connectivity index (χ3n) is 5.45. The molecule has 0 aliphatic carbocycles. The molecule has 0 aromatic heterocycles. The Morgan fingerprint density at radius 3 is 2.32 bits per heavy atom. The molecule has 0 amide bonds. The smallest absolute Gasteiger partial charge is 0.229 e. The zero-order chi connectivity index (χ0) is 23.0. The Kier molecular flexibility index (Phi) is 6.70. The number of benzene rings is 2. The van der Waals surface area contributed by atoms with Crippen molar-refractivity contribution in [2.75, 3.05) is 13.7 Å². The maximum Gasteiger partial charge on any atom is 0.229 e. The minimum absolute atomic E-state index is 0.0557. The summed E-state index contributed by atoms with van der Waals surface area (Å²) >= 11 is 0. The number of Topliss-reactive ketones (excluding diaryl/α,β-unsaturated/α-hetero) is 1. The molecule has 5 atom stereocenters. The van der Waals surface area contributed by atoms with Gasteiger partial charge in [-0.25, -0.2) is 0 Å². The number of methoxy groups -OCH3 is 1. The molecule has 1 aliphatic heterocycles. The van der Waals surface area contributed by atoms with Crippen molar-refractivity contribution in [1.29, 1.82) is 0 Å². The highest BCUT2D eigenvalue weighted by atomic mass is 16.7. The van der Waals surface area contributed by atoms with Crippen molar-refractivity contribution in [3.05, 3.63) is 28.8 Å². The van der Waals surface area contributed by atoms with Crippen molar-refractivity contribution in [3.63, 3.8) is 0 Å². The normalized spacial score (nSPS) is 26.1. The summed E-state index contributed by atoms with van der Waals surface area (Å²) in [6.45, 7) is 1.85. The van der Waals surface area contributed by atoms with Gasteiger partial charge < -0.3 is 44.8 Å². The van der Waals surface area contributed by atoms with E-state index >= 15 is 0 Å². The average Bonchev–Trinajstić information content (AvgIpc) is 2.72. The Morgan fingerprint density at radius 2 is 1.77 bits per heavy atom. The summed E-state index contributed by atoms with van der Waals surface area (Å²) < 4.78 is 16.4. The Bertz CT molecular complexity index is 986. The van der Waals surface area contributed by atoms with E-state index in [1.54, 1.807) is 13.0 Å². The first-order valence-corrected chi connectivity index (χ1v) is 9.61. The molecule has 6 N–H and O–H groups in total. The van der Waals surface area contributed by atoms with E-state index in [1.807, 2.05) is 0 Å². The lowest BCUT2D eigenvalue weighted by molar-refractivity contribution is -0.277. The third kappa shape index (κ3) is 3.93. The number of aliphatic hydroxyl groups is 5. The Labute approximate surface area is 177 Å². The lowest BCUT2D eigenvalue weighted by Crippen LogP contribution is -2.60. The summed E-state index contributed by atoms with van der Waals surface area (Å²) in [5.74, 6) is -0.631. The summed E-state index contributed by atoms with van der Waals surface area (Å²) in [5, 5.41) is 60.9. The van der Waals surface area contributed by atoms with E-state index in [4.69, 9.17) is 14.2 Å². The number of aryl methyl sites for hydroxylation is 1. The fourth-order valence-electron chi connectivity index (χ4n) is 3.87. The van der Waals surface area contributed by atoms with Crippen LogP contribution in [0.2, 0.25) is 0 Å². The molecule has 1 saturated heterocycles. The molecule has 0 bridgehead atoms. The zero-order valence-electron chi connectivity index (χ0n) is 17.3.